The molecular weight excluding hydrogens is 238 g/mol. The summed E-state index contributed by atoms with van der Waals surface area (Å²) < 4.78 is 0. The first kappa shape index (κ1) is 13.4. The van der Waals surface area contributed by atoms with Crippen molar-refractivity contribution in [2.24, 2.45) is 0 Å². The second-order valence-corrected chi connectivity index (χ2v) is 6.49. The Balaban J connectivity index is 1.37. The topological polar surface area (TPSA) is 35.6 Å². The van der Waals surface area contributed by atoms with Crippen LogP contribution in [0.1, 0.15) is 45.4 Å². The normalized spacial score (nSPS) is 27.7. The van der Waals surface area contributed by atoms with Gasteiger partial charge in [-0.25, -0.2) is 0 Å². The Morgan fingerprint density at radius 2 is 1.42 bits per heavy atom. The summed E-state index contributed by atoms with van der Waals surface area (Å²) in [6.07, 6.45) is 7.74. The highest BCUT2D eigenvalue weighted by molar-refractivity contribution is 5.73. The van der Waals surface area contributed by atoms with E-state index < -0.39 is 0 Å². The van der Waals surface area contributed by atoms with Gasteiger partial charge in [-0.05, 0) is 51.6 Å². The highest BCUT2D eigenvalue weighted by Gasteiger charge is 2.32. The van der Waals surface area contributed by atoms with Crippen LogP contribution in [0.25, 0.3) is 0 Å². The molecule has 1 N–H and O–H groups in total. The van der Waals surface area contributed by atoms with Crippen LogP contribution in [-0.2, 0) is 4.79 Å². The van der Waals surface area contributed by atoms with Gasteiger partial charge in [0.1, 0.15) is 0 Å². The van der Waals surface area contributed by atoms with Crippen LogP contribution < -0.4 is 5.32 Å². The Kier molecular flexibility index (Phi) is 4.08. The van der Waals surface area contributed by atoms with E-state index in [1.54, 1.807) is 6.92 Å². The summed E-state index contributed by atoms with van der Waals surface area (Å²) in [4.78, 5) is 16.0. The van der Waals surface area contributed by atoms with Gasteiger partial charge in [-0.1, -0.05) is 0 Å². The molecule has 2 heterocycles. The minimum Gasteiger partial charge on any atom is -0.343 e. The number of hydrogen-bond acceptors (Lipinski definition) is 3. The smallest absolute Gasteiger partial charge is 0.219 e. The zero-order valence-corrected chi connectivity index (χ0v) is 12.1. The van der Waals surface area contributed by atoms with Crippen LogP contribution in [0.3, 0.4) is 0 Å². The van der Waals surface area contributed by atoms with Crippen molar-refractivity contribution in [3.63, 3.8) is 0 Å². The third kappa shape index (κ3) is 3.48. The van der Waals surface area contributed by atoms with Crippen LogP contribution >= 0.6 is 0 Å². The van der Waals surface area contributed by atoms with Gasteiger partial charge in [0, 0.05) is 38.1 Å². The lowest BCUT2D eigenvalue weighted by molar-refractivity contribution is -0.129. The van der Waals surface area contributed by atoms with Gasteiger partial charge >= 0.3 is 0 Å². The second-order valence-electron chi connectivity index (χ2n) is 6.49. The summed E-state index contributed by atoms with van der Waals surface area (Å²) in [5.74, 6) is 0.233. The number of nitrogens with zero attached hydrogens (tertiary/aromatic N) is 2. The molecule has 0 aromatic rings. The molecule has 4 heteroatoms. The molecule has 2 aliphatic heterocycles. The molecular formula is C15H27N3O. The lowest BCUT2D eigenvalue weighted by Crippen LogP contribution is -2.50. The maximum atomic E-state index is 11.3. The lowest BCUT2D eigenvalue weighted by Gasteiger charge is -2.37. The number of piperidine rings is 2. The first-order chi connectivity index (χ1) is 9.22. The fraction of sp³-hybridized carbons (Fsp3) is 0.933. The highest BCUT2D eigenvalue weighted by Crippen LogP contribution is 2.29. The first-order valence-electron chi connectivity index (χ1n) is 7.98. The van der Waals surface area contributed by atoms with Crippen LogP contribution in [0.5, 0.6) is 0 Å². The number of nitrogens with one attached hydrogen (secondary N) is 1. The number of hydrogen-bond donors (Lipinski definition) is 1. The molecule has 1 saturated carbocycles. The SMILES string of the molecule is CC(=O)N1CCC(NC2CCN(C3CC3)CC2)CC1. The minimum absolute atomic E-state index is 0.233. The van der Waals surface area contributed by atoms with E-state index in [1.807, 2.05) is 4.90 Å². The molecule has 0 aromatic carbocycles. The van der Waals surface area contributed by atoms with E-state index in [0.29, 0.717) is 12.1 Å². The third-order valence-electron chi connectivity index (χ3n) is 5.00. The molecule has 0 radical (unpaired) electrons. The molecule has 1 amide bonds. The maximum absolute atomic E-state index is 11.3. The average Bonchev–Trinajstić information content (AvgIpc) is 3.25. The van der Waals surface area contributed by atoms with Crippen molar-refractivity contribution >= 4 is 5.91 Å². The van der Waals surface area contributed by atoms with E-state index in [2.05, 4.69) is 10.2 Å². The molecule has 3 fully saturated rings. The van der Waals surface area contributed by atoms with Gasteiger partial charge in [0.2, 0.25) is 5.91 Å². The van der Waals surface area contributed by atoms with Crippen LogP contribution in [0.4, 0.5) is 0 Å². The molecule has 0 unspecified atom stereocenters. The molecule has 4 nitrogen and oxygen atoms in total. The Labute approximate surface area is 116 Å². The summed E-state index contributed by atoms with van der Waals surface area (Å²) >= 11 is 0. The van der Waals surface area contributed by atoms with E-state index in [-0.39, 0.29) is 5.91 Å². The van der Waals surface area contributed by atoms with Gasteiger partial charge in [-0.3, -0.25) is 4.79 Å². The third-order valence-corrected chi connectivity index (χ3v) is 5.00. The fourth-order valence-electron chi connectivity index (χ4n) is 3.57. The highest BCUT2D eigenvalue weighted by atomic mass is 16.2. The Bertz CT molecular complexity index is 313. The molecule has 108 valence electrons. The summed E-state index contributed by atoms with van der Waals surface area (Å²) in [6.45, 7) is 6.13. The van der Waals surface area contributed by atoms with Crippen molar-refractivity contribution < 1.29 is 4.79 Å². The lowest BCUT2D eigenvalue weighted by atomic mass is 9.99. The Hall–Kier alpha value is -0.610. The van der Waals surface area contributed by atoms with E-state index in [4.69, 9.17) is 0 Å². The van der Waals surface area contributed by atoms with E-state index in [1.165, 1.54) is 38.8 Å². The van der Waals surface area contributed by atoms with Gasteiger partial charge < -0.3 is 15.1 Å². The van der Waals surface area contributed by atoms with Crippen molar-refractivity contribution in [1.29, 1.82) is 0 Å². The molecule has 3 rings (SSSR count). The zero-order valence-electron chi connectivity index (χ0n) is 12.1. The number of carbonyl (C=O) groups excluding carboxylic acids is 1. The molecule has 0 spiro atoms. The van der Waals surface area contributed by atoms with Gasteiger partial charge in [0.25, 0.3) is 0 Å². The van der Waals surface area contributed by atoms with Crippen LogP contribution in [0.2, 0.25) is 0 Å². The van der Waals surface area contributed by atoms with E-state index in [9.17, 15) is 4.79 Å². The molecule has 0 bridgehead atoms. The average molecular weight is 265 g/mol. The Morgan fingerprint density at radius 3 is 1.89 bits per heavy atom. The number of likely N-dealkylation sites (tertiary alicyclic amines) is 2. The maximum Gasteiger partial charge on any atom is 0.219 e. The zero-order chi connectivity index (χ0) is 13.2. The monoisotopic (exact) mass is 265 g/mol. The summed E-state index contributed by atoms with van der Waals surface area (Å²) in [7, 11) is 0. The van der Waals surface area contributed by atoms with Crippen molar-refractivity contribution in [3.05, 3.63) is 0 Å². The summed E-state index contributed by atoms with van der Waals surface area (Å²) in [5.41, 5.74) is 0. The van der Waals surface area contributed by atoms with Gasteiger partial charge in [-0.15, -0.1) is 0 Å². The summed E-state index contributed by atoms with van der Waals surface area (Å²) in [6, 6.07) is 2.27. The van der Waals surface area contributed by atoms with Crippen LogP contribution in [0, 0.1) is 0 Å². The molecule has 19 heavy (non-hydrogen) atoms. The molecule has 0 aromatic heterocycles. The largest absolute Gasteiger partial charge is 0.343 e. The van der Waals surface area contributed by atoms with E-state index in [0.717, 1.165) is 32.0 Å². The Morgan fingerprint density at radius 1 is 0.895 bits per heavy atom. The van der Waals surface area contributed by atoms with Gasteiger partial charge in [0.15, 0.2) is 0 Å². The molecule has 1 aliphatic carbocycles. The number of carbonyl (C=O) groups is 1. The fourth-order valence-corrected chi connectivity index (χ4v) is 3.57. The van der Waals surface area contributed by atoms with Crippen molar-refractivity contribution in [1.82, 2.24) is 15.1 Å². The van der Waals surface area contributed by atoms with Gasteiger partial charge in [0.05, 0.1) is 0 Å². The standard InChI is InChI=1S/C15H27N3O/c1-12(19)17-8-4-13(5-9-17)16-14-6-10-18(11-7-14)15-2-3-15/h13-16H,2-11H2,1H3. The van der Waals surface area contributed by atoms with Gasteiger partial charge in [-0.2, -0.15) is 0 Å². The number of amides is 1. The van der Waals surface area contributed by atoms with Crippen molar-refractivity contribution in [3.8, 4) is 0 Å². The summed E-state index contributed by atoms with van der Waals surface area (Å²) in [5, 5.41) is 3.83. The molecule has 2 saturated heterocycles. The van der Waals surface area contributed by atoms with Crippen molar-refractivity contribution in [2.75, 3.05) is 26.2 Å². The van der Waals surface area contributed by atoms with E-state index >= 15 is 0 Å². The van der Waals surface area contributed by atoms with Crippen molar-refractivity contribution in [2.45, 2.75) is 63.6 Å². The number of rotatable bonds is 3. The second kappa shape index (κ2) is 5.80. The first-order valence-corrected chi connectivity index (χ1v) is 7.98. The van der Waals surface area contributed by atoms with Crippen LogP contribution in [0.15, 0.2) is 0 Å². The predicted molar refractivity (Wildman–Crippen MR) is 76.0 cm³/mol. The molecule has 0 atom stereocenters. The predicted octanol–water partition coefficient (Wildman–Crippen LogP) is 1.21. The van der Waals surface area contributed by atoms with Crippen LogP contribution in [-0.4, -0.2) is 60.0 Å². The minimum atomic E-state index is 0.233. The quantitative estimate of drug-likeness (QED) is 0.833. The molecule has 3 aliphatic rings.